The Balaban J connectivity index is 2.89. The summed E-state index contributed by atoms with van der Waals surface area (Å²) >= 11 is 7.32. The number of benzene rings is 1. The second-order valence-corrected chi connectivity index (χ2v) is 5.49. The summed E-state index contributed by atoms with van der Waals surface area (Å²) in [6, 6.07) is 8.75. The highest BCUT2D eigenvalue weighted by molar-refractivity contribution is 9.09. The van der Waals surface area contributed by atoms with Crippen LogP contribution < -0.4 is 0 Å². The van der Waals surface area contributed by atoms with Crippen LogP contribution in [-0.2, 0) is 10.2 Å². The molecule has 0 heterocycles. The zero-order valence-electron chi connectivity index (χ0n) is 10.5. The highest BCUT2D eigenvalue weighted by Gasteiger charge is 2.29. The summed E-state index contributed by atoms with van der Waals surface area (Å²) in [6.07, 6.45) is 1.03. The summed E-state index contributed by atoms with van der Waals surface area (Å²) < 4.78 is 5.50. The second kappa shape index (κ2) is 7.55. The fraction of sp³-hybridized carbons (Fsp3) is 0.571. The molecule has 0 aliphatic carbocycles. The first-order valence-corrected chi connectivity index (χ1v) is 8.19. The number of rotatable bonds is 7. The zero-order valence-corrected chi connectivity index (χ0v) is 13.7. The molecule has 1 rings (SSSR count). The lowest BCUT2D eigenvalue weighted by molar-refractivity contribution is 0.131. The van der Waals surface area contributed by atoms with Crippen LogP contribution in [-0.4, -0.2) is 23.9 Å². The summed E-state index contributed by atoms with van der Waals surface area (Å²) in [4.78, 5) is 0. The van der Waals surface area contributed by atoms with Gasteiger partial charge in [0.15, 0.2) is 0 Å². The third kappa shape index (κ3) is 4.08. The van der Waals surface area contributed by atoms with Gasteiger partial charge in [-0.2, -0.15) is 0 Å². The summed E-state index contributed by atoms with van der Waals surface area (Å²) in [5.74, 6) is 0. The van der Waals surface area contributed by atoms with Crippen molar-refractivity contribution in [1.82, 2.24) is 0 Å². The molecule has 17 heavy (non-hydrogen) atoms. The van der Waals surface area contributed by atoms with E-state index in [0.29, 0.717) is 0 Å². The topological polar surface area (TPSA) is 9.23 Å². The van der Waals surface area contributed by atoms with Gasteiger partial charge in [-0.15, -0.1) is 0 Å². The number of alkyl halides is 2. The molecule has 0 saturated carbocycles. The third-order valence-electron chi connectivity index (χ3n) is 3.07. The Hall–Kier alpha value is 0.140. The molecule has 0 amide bonds. The lowest BCUT2D eigenvalue weighted by atomic mass is 9.81. The maximum Gasteiger partial charge on any atom is 0.0474 e. The second-order valence-electron chi connectivity index (χ2n) is 4.36. The van der Waals surface area contributed by atoms with Gasteiger partial charge in [0.25, 0.3) is 0 Å². The van der Waals surface area contributed by atoms with E-state index in [1.54, 1.807) is 0 Å². The van der Waals surface area contributed by atoms with Crippen LogP contribution in [0.15, 0.2) is 24.3 Å². The average Bonchev–Trinajstić information content (AvgIpc) is 2.35. The smallest absolute Gasteiger partial charge is 0.0474 e. The quantitative estimate of drug-likeness (QED) is 0.513. The molecule has 0 aliphatic heterocycles. The fourth-order valence-corrected chi connectivity index (χ4v) is 3.99. The predicted molar refractivity (Wildman–Crippen MR) is 81.6 cm³/mol. The van der Waals surface area contributed by atoms with E-state index in [-0.39, 0.29) is 5.41 Å². The molecule has 0 fully saturated rings. The van der Waals surface area contributed by atoms with Crippen LogP contribution >= 0.6 is 31.9 Å². The molecule has 96 valence electrons. The number of aryl methyl sites for hydroxylation is 1. The first kappa shape index (κ1) is 15.2. The van der Waals surface area contributed by atoms with E-state index in [1.807, 2.05) is 6.92 Å². The molecule has 0 atom stereocenters. The van der Waals surface area contributed by atoms with Gasteiger partial charge in [0, 0.05) is 29.3 Å². The van der Waals surface area contributed by atoms with Crippen molar-refractivity contribution in [2.24, 2.45) is 0 Å². The molecule has 0 saturated heterocycles. The molecule has 0 unspecified atom stereocenters. The maximum atomic E-state index is 5.50. The van der Waals surface area contributed by atoms with E-state index in [0.717, 1.165) is 30.3 Å². The first-order valence-electron chi connectivity index (χ1n) is 5.95. The lowest BCUT2D eigenvalue weighted by Crippen LogP contribution is -2.32. The van der Waals surface area contributed by atoms with E-state index < -0.39 is 0 Å². The highest BCUT2D eigenvalue weighted by atomic mass is 79.9. The van der Waals surface area contributed by atoms with E-state index in [4.69, 9.17) is 4.74 Å². The van der Waals surface area contributed by atoms with Crippen molar-refractivity contribution < 1.29 is 4.74 Å². The number of ether oxygens (including phenoxy) is 1. The van der Waals surface area contributed by atoms with Gasteiger partial charge in [-0.1, -0.05) is 61.7 Å². The minimum Gasteiger partial charge on any atom is -0.382 e. The standard InChI is InChI=1S/C14H20Br2O/c1-3-17-8-7-14(10-15,11-16)13-6-4-5-12(2)9-13/h4-6,9H,3,7-8,10-11H2,1-2H3. The molecule has 1 nitrogen and oxygen atoms in total. The van der Waals surface area contributed by atoms with Crippen LogP contribution in [0.25, 0.3) is 0 Å². The van der Waals surface area contributed by atoms with E-state index in [1.165, 1.54) is 11.1 Å². The van der Waals surface area contributed by atoms with Crippen molar-refractivity contribution in [3.63, 3.8) is 0 Å². The summed E-state index contributed by atoms with van der Waals surface area (Å²) in [5, 5.41) is 1.89. The van der Waals surface area contributed by atoms with Crippen molar-refractivity contribution in [2.45, 2.75) is 25.7 Å². The molecule has 0 radical (unpaired) electrons. The van der Waals surface area contributed by atoms with Crippen LogP contribution in [0.5, 0.6) is 0 Å². The van der Waals surface area contributed by atoms with Crippen LogP contribution in [0, 0.1) is 6.92 Å². The Kier molecular flexibility index (Phi) is 6.75. The molecular formula is C14H20Br2O. The minimum atomic E-state index is 0.126. The summed E-state index contributed by atoms with van der Waals surface area (Å²) in [6.45, 7) is 5.77. The fourth-order valence-electron chi connectivity index (χ4n) is 1.85. The van der Waals surface area contributed by atoms with Crippen LogP contribution in [0.1, 0.15) is 24.5 Å². The van der Waals surface area contributed by atoms with Crippen LogP contribution in [0.3, 0.4) is 0 Å². The largest absolute Gasteiger partial charge is 0.382 e. The first-order chi connectivity index (χ1) is 8.18. The molecule has 0 bridgehead atoms. The van der Waals surface area contributed by atoms with Crippen molar-refractivity contribution in [3.8, 4) is 0 Å². The van der Waals surface area contributed by atoms with Crippen LogP contribution in [0.2, 0.25) is 0 Å². The molecule has 0 N–H and O–H groups in total. The number of hydrogen-bond acceptors (Lipinski definition) is 1. The average molecular weight is 364 g/mol. The Morgan fingerprint density at radius 2 is 1.94 bits per heavy atom. The number of hydrogen-bond donors (Lipinski definition) is 0. The van der Waals surface area contributed by atoms with Gasteiger partial charge in [0.05, 0.1) is 0 Å². The van der Waals surface area contributed by atoms with Crippen molar-refractivity contribution in [2.75, 3.05) is 23.9 Å². The monoisotopic (exact) mass is 362 g/mol. The summed E-state index contributed by atoms with van der Waals surface area (Å²) in [5.41, 5.74) is 2.82. The minimum absolute atomic E-state index is 0.126. The van der Waals surface area contributed by atoms with Gasteiger partial charge < -0.3 is 4.74 Å². The Bertz CT molecular complexity index is 335. The normalized spacial score (nSPS) is 11.8. The van der Waals surface area contributed by atoms with Crippen LogP contribution in [0.4, 0.5) is 0 Å². The molecule has 0 aliphatic rings. The van der Waals surface area contributed by atoms with Crippen molar-refractivity contribution in [1.29, 1.82) is 0 Å². The van der Waals surface area contributed by atoms with Crippen molar-refractivity contribution in [3.05, 3.63) is 35.4 Å². The maximum absolute atomic E-state index is 5.50. The molecule has 3 heteroatoms. The molecular weight excluding hydrogens is 344 g/mol. The van der Waals surface area contributed by atoms with Gasteiger partial charge in [0.1, 0.15) is 0 Å². The van der Waals surface area contributed by atoms with Crippen molar-refractivity contribution >= 4 is 31.9 Å². The Labute approximate surface area is 121 Å². The predicted octanol–water partition coefficient (Wildman–Crippen LogP) is 4.45. The van der Waals surface area contributed by atoms with Gasteiger partial charge in [-0.25, -0.2) is 0 Å². The Morgan fingerprint density at radius 1 is 1.24 bits per heavy atom. The van der Waals surface area contributed by atoms with Gasteiger partial charge in [0.2, 0.25) is 0 Å². The van der Waals surface area contributed by atoms with E-state index in [2.05, 4.69) is 63.0 Å². The highest BCUT2D eigenvalue weighted by Crippen LogP contribution is 2.33. The van der Waals surface area contributed by atoms with Gasteiger partial charge in [-0.05, 0) is 25.8 Å². The Morgan fingerprint density at radius 3 is 2.47 bits per heavy atom. The molecule has 0 aromatic heterocycles. The summed E-state index contributed by atoms with van der Waals surface area (Å²) in [7, 11) is 0. The third-order valence-corrected chi connectivity index (χ3v) is 5.22. The van der Waals surface area contributed by atoms with Gasteiger partial charge in [-0.3, -0.25) is 0 Å². The number of halogens is 2. The molecule has 0 spiro atoms. The molecule has 1 aromatic rings. The molecule has 1 aromatic carbocycles. The zero-order chi connectivity index (χ0) is 12.7. The van der Waals surface area contributed by atoms with Gasteiger partial charge >= 0.3 is 0 Å². The van der Waals surface area contributed by atoms with E-state index >= 15 is 0 Å². The van der Waals surface area contributed by atoms with E-state index in [9.17, 15) is 0 Å². The SMILES string of the molecule is CCOCCC(CBr)(CBr)c1cccc(C)c1. The lowest BCUT2D eigenvalue weighted by Gasteiger charge is -2.31.